The lowest BCUT2D eigenvalue weighted by Gasteiger charge is -2.23. The highest BCUT2D eigenvalue weighted by molar-refractivity contribution is 4.92. The van der Waals surface area contributed by atoms with E-state index in [2.05, 4.69) is 0 Å². The van der Waals surface area contributed by atoms with E-state index in [4.69, 9.17) is 14.9 Å². The molecule has 72 valence electrons. The second-order valence-electron chi connectivity index (χ2n) is 3.12. The van der Waals surface area contributed by atoms with Crippen molar-refractivity contribution in [2.75, 3.05) is 13.2 Å². The molecule has 0 amide bonds. The van der Waals surface area contributed by atoms with Crippen LogP contribution in [-0.4, -0.2) is 51.6 Å². The molecule has 4 atom stereocenters. The monoisotopic (exact) mass is 178 g/mol. The number of aliphatic hydroxyl groups is 4. The summed E-state index contributed by atoms with van der Waals surface area (Å²) in [5.41, 5.74) is 0. The van der Waals surface area contributed by atoms with E-state index in [0.717, 1.165) is 0 Å². The van der Waals surface area contributed by atoms with Gasteiger partial charge in [0.05, 0.1) is 19.3 Å². The molecule has 1 fully saturated rings. The number of aliphatic hydroxyl groups excluding tert-OH is 3. The van der Waals surface area contributed by atoms with Gasteiger partial charge in [0.1, 0.15) is 6.10 Å². The second kappa shape index (κ2) is 3.27. The van der Waals surface area contributed by atoms with Crippen molar-refractivity contribution in [3.8, 4) is 0 Å². The molecule has 0 radical (unpaired) electrons. The zero-order valence-corrected chi connectivity index (χ0v) is 6.84. The van der Waals surface area contributed by atoms with Gasteiger partial charge >= 0.3 is 0 Å². The Morgan fingerprint density at radius 2 is 2.00 bits per heavy atom. The number of hydrogen-bond acceptors (Lipinski definition) is 5. The lowest BCUT2D eigenvalue weighted by molar-refractivity contribution is -0.232. The van der Waals surface area contributed by atoms with Gasteiger partial charge in [-0.25, -0.2) is 0 Å². The van der Waals surface area contributed by atoms with Gasteiger partial charge in [0.25, 0.3) is 0 Å². The van der Waals surface area contributed by atoms with Gasteiger partial charge in [-0.05, 0) is 0 Å². The molecule has 2 unspecified atom stereocenters. The van der Waals surface area contributed by atoms with E-state index in [1.165, 1.54) is 0 Å². The van der Waals surface area contributed by atoms with E-state index in [9.17, 15) is 10.2 Å². The minimum absolute atomic E-state index is 0.367. The van der Waals surface area contributed by atoms with Crippen LogP contribution in [0.25, 0.3) is 0 Å². The van der Waals surface area contributed by atoms with Gasteiger partial charge in [0, 0.05) is 5.92 Å². The van der Waals surface area contributed by atoms with Crippen LogP contribution in [0.5, 0.6) is 0 Å². The van der Waals surface area contributed by atoms with Gasteiger partial charge in [-0.15, -0.1) is 0 Å². The third-order valence-corrected chi connectivity index (χ3v) is 2.37. The van der Waals surface area contributed by atoms with Crippen molar-refractivity contribution in [1.82, 2.24) is 0 Å². The zero-order valence-electron chi connectivity index (χ0n) is 6.84. The summed E-state index contributed by atoms with van der Waals surface area (Å²) < 4.78 is 4.88. The van der Waals surface area contributed by atoms with Gasteiger partial charge < -0.3 is 25.2 Å². The van der Waals surface area contributed by atoms with Crippen molar-refractivity contribution in [2.45, 2.75) is 24.9 Å². The molecule has 1 aliphatic heterocycles. The van der Waals surface area contributed by atoms with E-state index in [0.29, 0.717) is 0 Å². The van der Waals surface area contributed by atoms with Crippen LogP contribution in [0.3, 0.4) is 0 Å². The van der Waals surface area contributed by atoms with Crippen molar-refractivity contribution in [1.29, 1.82) is 0 Å². The van der Waals surface area contributed by atoms with Gasteiger partial charge in [0.2, 0.25) is 0 Å². The van der Waals surface area contributed by atoms with Crippen LogP contribution < -0.4 is 0 Å². The van der Waals surface area contributed by atoms with E-state index in [-0.39, 0.29) is 6.61 Å². The van der Waals surface area contributed by atoms with Crippen LogP contribution in [0.4, 0.5) is 0 Å². The van der Waals surface area contributed by atoms with Crippen molar-refractivity contribution >= 4 is 0 Å². The molecule has 5 nitrogen and oxygen atoms in total. The molecule has 12 heavy (non-hydrogen) atoms. The van der Waals surface area contributed by atoms with Crippen LogP contribution in [0.1, 0.15) is 6.92 Å². The maximum absolute atomic E-state index is 9.50. The third-order valence-electron chi connectivity index (χ3n) is 2.37. The first-order valence-electron chi connectivity index (χ1n) is 3.85. The third kappa shape index (κ3) is 1.34. The van der Waals surface area contributed by atoms with E-state index in [1.807, 2.05) is 0 Å². The first kappa shape index (κ1) is 9.88. The molecule has 1 aliphatic rings. The predicted molar refractivity (Wildman–Crippen MR) is 39.2 cm³/mol. The van der Waals surface area contributed by atoms with Crippen molar-refractivity contribution in [3.63, 3.8) is 0 Å². The molecule has 5 heteroatoms. The van der Waals surface area contributed by atoms with Crippen LogP contribution in [0.15, 0.2) is 0 Å². The lowest BCUT2D eigenvalue weighted by atomic mass is 9.96. The molecule has 1 saturated heterocycles. The van der Waals surface area contributed by atoms with Crippen molar-refractivity contribution in [2.24, 2.45) is 5.92 Å². The summed E-state index contributed by atoms with van der Waals surface area (Å²) >= 11 is 0. The topological polar surface area (TPSA) is 90.2 Å². The summed E-state index contributed by atoms with van der Waals surface area (Å²) in [5, 5.41) is 36.3. The Bertz CT molecular complexity index is 162. The minimum atomic E-state index is -1.72. The number of ether oxygens (including phenoxy) is 1. The Hall–Kier alpha value is -0.200. The normalized spacial score (nSPS) is 48.2. The second-order valence-corrected chi connectivity index (χ2v) is 3.12. The maximum atomic E-state index is 9.50. The van der Waals surface area contributed by atoms with Gasteiger partial charge in [-0.3, -0.25) is 0 Å². The van der Waals surface area contributed by atoms with Crippen LogP contribution in [-0.2, 0) is 4.74 Å². The molecule has 0 saturated carbocycles. The van der Waals surface area contributed by atoms with Crippen molar-refractivity contribution < 1.29 is 25.2 Å². The van der Waals surface area contributed by atoms with E-state index in [1.54, 1.807) is 6.92 Å². The first-order chi connectivity index (χ1) is 5.55. The average molecular weight is 178 g/mol. The molecule has 0 bridgehead atoms. The van der Waals surface area contributed by atoms with Crippen molar-refractivity contribution in [3.05, 3.63) is 0 Å². The predicted octanol–water partition coefficient (Wildman–Crippen LogP) is -1.94. The summed E-state index contributed by atoms with van der Waals surface area (Å²) in [7, 11) is 0. The molecule has 1 rings (SSSR count). The molecular formula is C7H14O5. The number of rotatable bonds is 2. The molecule has 0 spiro atoms. The fourth-order valence-electron chi connectivity index (χ4n) is 1.35. The Balaban J connectivity index is 2.72. The highest BCUT2D eigenvalue weighted by Gasteiger charge is 2.50. The smallest absolute Gasteiger partial charge is 0.194 e. The van der Waals surface area contributed by atoms with Gasteiger partial charge in [-0.1, -0.05) is 6.92 Å². The minimum Gasteiger partial charge on any atom is -0.394 e. The molecule has 4 N–H and O–H groups in total. The van der Waals surface area contributed by atoms with Gasteiger partial charge in [0.15, 0.2) is 5.79 Å². The zero-order chi connectivity index (χ0) is 9.35. The Kier molecular flexibility index (Phi) is 2.70. The highest BCUT2D eigenvalue weighted by Crippen LogP contribution is 2.33. The Morgan fingerprint density at radius 3 is 2.25 bits per heavy atom. The Labute approximate surface area is 70.2 Å². The Morgan fingerprint density at radius 1 is 1.42 bits per heavy atom. The standard InChI is InChI=1S/C7H14O5/c1-4-6(10)5(2-8)12-7(4,11)3-9/h4-6,8-11H,2-3H2,1H3/t4-,5?,6-,7?/m0/s1. The quantitative estimate of drug-likeness (QED) is 0.395. The maximum Gasteiger partial charge on any atom is 0.194 e. The molecule has 1 heterocycles. The average Bonchev–Trinajstić information content (AvgIpc) is 2.31. The lowest BCUT2D eigenvalue weighted by Crippen LogP contribution is -2.40. The summed E-state index contributed by atoms with van der Waals surface area (Å²) in [6.45, 7) is 0.603. The SMILES string of the molecule is C[C@H]1[C@H](O)C(CO)OC1(O)CO. The fraction of sp³-hybridized carbons (Fsp3) is 1.00. The van der Waals surface area contributed by atoms with Crippen LogP contribution >= 0.6 is 0 Å². The number of hydrogen-bond donors (Lipinski definition) is 4. The largest absolute Gasteiger partial charge is 0.394 e. The molecular weight excluding hydrogens is 164 g/mol. The van der Waals surface area contributed by atoms with E-state index < -0.39 is 30.5 Å². The highest BCUT2D eigenvalue weighted by atomic mass is 16.7. The van der Waals surface area contributed by atoms with Gasteiger partial charge in [-0.2, -0.15) is 0 Å². The summed E-state index contributed by atoms with van der Waals surface area (Å²) in [4.78, 5) is 0. The molecule has 0 aliphatic carbocycles. The molecule has 0 aromatic heterocycles. The van der Waals surface area contributed by atoms with E-state index >= 15 is 0 Å². The molecule has 0 aromatic carbocycles. The summed E-state index contributed by atoms with van der Waals surface area (Å²) in [6, 6.07) is 0. The summed E-state index contributed by atoms with van der Waals surface area (Å²) in [6.07, 6.45) is -1.75. The first-order valence-corrected chi connectivity index (χ1v) is 3.85. The summed E-state index contributed by atoms with van der Waals surface area (Å²) in [5.74, 6) is -2.31. The van der Waals surface area contributed by atoms with Crippen LogP contribution in [0.2, 0.25) is 0 Å². The van der Waals surface area contributed by atoms with Crippen LogP contribution in [0, 0.1) is 5.92 Å². The molecule has 0 aromatic rings. The fourth-order valence-corrected chi connectivity index (χ4v) is 1.35.